The Kier molecular flexibility index (Phi) is 22.4. The van der Waals surface area contributed by atoms with Crippen molar-refractivity contribution < 1.29 is 52.9 Å². The van der Waals surface area contributed by atoms with Crippen molar-refractivity contribution in [2.75, 3.05) is 41.4 Å². The molecule has 0 bridgehead atoms. The summed E-state index contributed by atoms with van der Waals surface area (Å²) in [5, 5.41) is 15.6. The summed E-state index contributed by atoms with van der Waals surface area (Å²) >= 11 is 0. The lowest BCUT2D eigenvalue weighted by Gasteiger charge is -2.41. The number of carboxylic acid groups (broad SMARTS) is 1. The van der Waals surface area contributed by atoms with E-state index in [0.717, 1.165) is 5.56 Å². The number of aliphatic carboxylic acids is 1. The highest BCUT2D eigenvalue weighted by Gasteiger charge is 2.44. The van der Waals surface area contributed by atoms with Gasteiger partial charge in [0.25, 0.3) is 0 Å². The number of benzene rings is 1. The van der Waals surface area contributed by atoms with E-state index in [1.54, 1.807) is 62.0 Å². The molecule has 1 aromatic rings. The molecule has 0 saturated carbocycles. The van der Waals surface area contributed by atoms with Crippen molar-refractivity contribution in [2.24, 2.45) is 29.6 Å². The minimum absolute atomic E-state index is 0.0798. The number of ether oxygens (including phenoxy) is 2. The lowest BCUT2D eigenvalue weighted by Crippen LogP contribution is -2.60. The third-order valence-electron chi connectivity index (χ3n) is 13.8. The number of unbranched alkanes of at least 4 members (excludes halogenated alkanes) is 2. The van der Waals surface area contributed by atoms with E-state index < -0.39 is 66.1 Å². The number of likely N-dealkylation sites (N-methyl/N-ethyl adjacent to an activating group) is 2. The van der Waals surface area contributed by atoms with Crippen LogP contribution in [-0.2, 0) is 54.3 Å². The van der Waals surface area contributed by atoms with E-state index in [2.05, 4.69) is 10.6 Å². The average Bonchev–Trinajstić information content (AvgIpc) is 3.87. The van der Waals surface area contributed by atoms with E-state index in [0.29, 0.717) is 51.6 Å². The second-order valence-electron chi connectivity index (χ2n) is 19.4. The quantitative estimate of drug-likeness (QED) is 0.0836. The molecule has 2 aliphatic rings. The monoisotopic (exact) mass is 941 g/mol. The molecule has 376 valence electrons. The lowest BCUT2D eigenvalue weighted by molar-refractivity contribution is -0.149. The van der Waals surface area contributed by atoms with E-state index in [-0.39, 0.29) is 78.9 Å². The van der Waals surface area contributed by atoms with Crippen molar-refractivity contribution in [1.29, 1.82) is 0 Å². The molecule has 17 nitrogen and oxygen atoms in total. The van der Waals surface area contributed by atoms with Gasteiger partial charge in [-0.05, 0) is 49.0 Å². The van der Waals surface area contributed by atoms with Gasteiger partial charge in [-0.2, -0.15) is 0 Å². The summed E-state index contributed by atoms with van der Waals surface area (Å²) in [5.41, 5.74) is 0.763. The Morgan fingerprint density at radius 3 is 2.06 bits per heavy atom. The third kappa shape index (κ3) is 15.0. The van der Waals surface area contributed by atoms with E-state index in [1.165, 1.54) is 24.0 Å². The molecule has 2 fully saturated rings. The fourth-order valence-corrected chi connectivity index (χ4v) is 9.69. The van der Waals surface area contributed by atoms with E-state index >= 15 is 0 Å². The first-order chi connectivity index (χ1) is 31.6. The van der Waals surface area contributed by atoms with Crippen molar-refractivity contribution in [3.8, 4) is 0 Å². The molecule has 0 radical (unpaired) electrons. The molecule has 0 aromatic heterocycles. The van der Waals surface area contributed by atoms with Crippen LogP contribution in [0.4, 0.5) is 0 Å². The molecule has 2 heterocycles. The number of hydrogen-bond acceptors (Lipinski definition) is 10. The number of nitrogens with zero attached hydrogens (tertiary/aromatic N) is 4. The first-order valence-electron chi connectivity index (χ1n) is 24.2. The van der Waals surface area contributed by atoms with Gasteiger partial charge in [0.15, 0.2) is 0 Å². The molecular weight excluding hydrogens is 861 g/mol. The van der Waals surface area contributed by atoms with E-state index in [4.69, 9.17) is 9.47 Å². The number of carbonyl (C=O) groups is 8. The zero-order chi connectivity index (χ0) is 50.3. The van der Waals surface area contributed by atoms with Crippen LogP contribution < -0.4 is 10.6 Å². The molecule has 0 aliphatic carbocycles. The molecular formula is C50H80N6O11. The highest BCUT2D eigenvalue weighted by atomic mass is 16.5. The number of hydrogen-bond donors (Lipinski definition) is 3. The molecule has 17 heteroatoms. The number of methoxy groups -OCH3 is 2. The summed E-state index contributed by atoms with van der Waals surface area (Å²) in [4.78, 5) is 113. The maximum atomic E-state index is 14.6. The molecule has 1 aromatic carbocycles. The van der Waals surface area contributed by atoms with Crippen LogP contribution in [0.5, 0.6) is 0 Å². The van der Waals surface area contributed by atoms with Crippen LogP contribution in [-0.4, -0.2) is 156 Å². The van der Waals surface area contributed by atoms with Gasteiger partial charge in [-0.15, -0.1) is 0 Å². The van der Waals surface area contributed by atoms with Gasteiger partial charge >= 0.3 is 5.97 Å². The van der Waals surface area contributed by atoms with Crippen LogP contribution in [0.15, 0.2) is 30.3 Å². The fraction of sp³-hybridized carbons (Fsp3) is 0.720. The molecule has 2 saturated heterocycles. The van der Waals surface area contributed by atoms with Gasteiger partial charge in [0.05, 0.1) is 36.6 Å². The number of nitrogens with one attached hydrogen (secondary N) is 2. The molecule has 3 rings (SSSR count). The minimum Gasteiger partial charge on any atom is -0.480 e. The van der Waals surface area contributed by atoms with Crippen molar-refractivity contribution in [3.63, 3.8) is 0 Å². The third-order valence-corrected chi connectivity index (χ3v) is 13.8. The van der Waals surface area contributed by atoms with Crippen LogP contribution in [0, 0.1) is 29.6 Å². The summed E-state index contributed by atoms with van der Waals surface area (Å²) in [6, 6.07) is 4.99. The summed E-state index contributed by atoms with van der Waals surface area (Å²) in [6.45, 7) is 15.5. The van der Waals surface area contributed by atoms with Crippen LogP contribution in [0.3, 0.4) is 0 Å². The number of imide groups is 1. The first kappa shape index (κ1) is 56.4. The van der Waals surface area contributed by atoms with Gasteiger partial charge in [0.1, 0.15) is 18.1 Å². The number of carboxylic acids is 1. The maximum Gasteiger partial charge on any atom is 0.326 e. The predicted molar refractivity (Wildman–Crippen MR) is 253 cm³/mol. The van der Waals surface area contributed by atoms with Crippen LogP contribution in [0.2, 0.25) is 0 Å². The van der Waals surface area contributed by atoms with Crippen molar-refractivity contribution >= 4 is 47.3 Å². The number of likely N-dealkylation sites (tertiary alicyclic amines) is 2. The summed E-state index contributed by atoms with van der Waals surface area (Å²) in [6.07, 6.45) is 2.56. The number of rotatable bonds is 27. The molecule has 67 heavy (non-hydrogen) atoms. The van der Waals surface area contributed by atoms with Crippen LogP contribution in [0.1, 0.15) is 119 Å². The molecule has 0 spiro atoms. The van der Waals surface area contributed by atoms with Crippen molar-refractivity contribution in [3.05, 3.63) is 35.9 Å². The standard InChI is InChI=1S/C50H80N6O11/c1-13-32(6)44(38(66-11)29-41(59)55-26-20-23-37(55)45(67-12)34(8)46(60)51-36(50(64)65)28-35-21-16-14-17-22-35)54(10)49(63)42(30(2)3)52-47(61)43(31(4)5)53(9)39(57)24-18-15-19-25-56-40(58)27-33(7)48(56)62/h14,16-17,21-22,30-34,36-38,42-45H,13,15,18-20,23-29H2,1-12H3,(H,51,60)(H,52,61)(H,64,65)/t32-,33?,34+,36-,37-,38+,42-,43-,44-,45+/m0/s1. The molecule has 3 N–H and O–H groups in total. The van der Waals surface area contributed by atoms with Crippen LogP contribution in [0.25, 0.3) is 0 Å². The zero-order valence-corrected chi connectivity index (χ0v) is 42.1. The Labute approximate surface area is 398 Å². The Hall–Kier alpha value is -4.90. The van der Waals surface area contributed by atoms with Gasteiger partial charge in [-0.1, -0.05) is 98.6 Å². The van der Waals surface area contributed by atoms with Gasteiger partial charge in [-0.3, -0.25) is 38.5 Å². The zero-order valence-electron chi connectivity index (χ0n) is 42.1. The van der Waals surface area contributed by atoms with Gasteiger partial charge in [0.2, 0.25) is 41.4 Å². The molecule has 7 amide bonds. The molecule has 10 atom stereocenters. The Morgan fingerprint density at radius 1 is 0.866 bits per heavy atom. The van der Waals surface area contributed by atoms with Crippen molar-refractivity contribution in [1.82, 2.24) is 30.2 Å². The Morgan fingerprint density at radius 2 is 1.52 bits per heavy atom. The highest BCUT2D eigenvalue weighted by molar-refractivity contribution is 6.03. The Bertz CT molecular complexity index is 1840. The first-order valence-corrected chi connectivity index (χ1v) is 24.2. The van der Waals surface area contributed by atoms with E-state index in [9.17, 15) is 43.5 Å². The second-order valence-corrected chi connectivity index (χ2v) is 19.4. The Balaban J connectivity index is 1.71. The van der Waals surface area contributed by atoms with E-state index in [1.807, 2.05) is 47.6 Å². The fourth-order valence-electron chi connectivity index (χ4n) is 9.69. The van der Waals surface area contributed by atoms with Gasteiger partial charge < -0.3 is 39.9 Å². The maximum absolute atomic E-state index is 14.6. The molecule has 1 unspecified atom stereocenters. The number of amides is 7. The van der Waals surface area contributed by atoms with Crippen molar-refractivity contribution in [2.45, 2.75) is 162 Å². The predicted octanol–water partition coefficient (Wildman–Crippen LogP) is 4.30. The van der Waals surface area contributed by atoms with Gasteiger partial charge in [0, 0.05) is 66.6 Å². The highest BCUT2D eigenvalue weighted by Crippen LogP contribution is 2.30. The summed E-state index contributed by atoms with van der Waals surface area (Å²) in [7, 11) is 6.23. The van der Waals surface area contributed by atoms with Crippen LogP contribution >= 0.6 is 0 Å². The minimum atomic E-state index is -1.16. The summed E-state index contributed by atoms with van der Waals surface area (Å²) < 4.78 is 11.9. The smallest absolute Gasteiger partial charge is 0.326 e. The topological polar surface area (TPSA) is 212 Å². The summed E-state index contributed by atoms with van der Waals surface area (Å²) in [5.74, 6) is -5.14. The largest absolute Gasteiger partial charge is 0.480 e. The number of carbonyl (C=O) groups excluding carboxylic acids is 7. The SMILES string of the molecule is CC[C@H](C)[C@@H]([C@@H](CC(=O)N1CCC[C@H]1[C@H](OC)[C@@H](C)C(=O)N[C@@H](Cc1ccccc1)C(=O)O)OC)N(C)C(=O)[C@@H](NC(=O)[C@H](C(C)C)N(C)C(=O)CCCCCN1C(=O)CC(C)C1=O)C(C)C. The second kappa shape index (κ2) is 26.6. The normalized spacial score (nSPS) is 19.9. The van der Waals surface area contributed by atoms with Gasteiger partial charge in [-0.25, -0.2) is 4.79 Å². The average molecular weight is 941 g/mol. The lowest BCUT2D eigenvalue weighted by atomic mass is 9.89. The molecule has 2 aliphatic heterocycles.